The van der Waals surface area contributed by atoms with E-state index in [0.717, 1.165) is 19.3 Å². The number of nitrogens with one attached hydrogen (secondary N) is 2. The van der Waals surface area contributed by atoms with Gasteiger partial charge in [-0.05, 0) is 43.7 Å². The predicted octanol–water partition coefficient (Wildman–Crippen LogP) is 0.771. The maximum atomic E-state index is 12.8. The molecule has 28 heavy (non-hydrogen) atoms. The number of hydrogen-bond donors (Lipinski definition) is 3. The highest BCUT2D eigenvalue weighted by molar-refractivity contribution is 5.81. The number of pyridine rings is 1. The summed E-state index contributed by atoms with van der Waals surface area (Å²) in [6.45, 7) is 1.02. The van der Waals surface area contributed by atoms with Crippen LogP contribution in [0, 0.1) is 29.1 Å². The lowest BCUT2D eigenvalue weighted by Crippen LogP contribution is -2.40. The van der Waals surface area contributed by atoms with E-state index in [1.807, 2.05) is 0 Å². The van der Waals surface area contributed by atoms with Crippen LogP contribution in [0.2, 0.25) is 0 Å². The Labute approximate surface area is 164 Å². The number of anilines is 1. The molecule has 1 saturated carbocycles. The molecule has 3 rings (SSSR count). The maximum absolute atomic E-state index is 12.8. The van der Waals surface area contributed by atoms with Crippen molar-refractivity contribution >= 4 is 17.5 Å². The molecule has 1 aromatic rings. The summed E-state index contributed by atoms with van der Waals surface area (Å²) in [6.07, 6.45) is 6.19. The van der Waals surface area contributed by atoms with Gasteiger partial charge in [-0.2, -0.15) is 5.26 Å². The summed E-state index contributed by atoms with van der Waals surface area (Å²) in [4.78, 5) is 36.7. The molecule has 2 fully saturated rings. The Morgan fingerprint density at radius 1 is 1.36 bits per heavy atom. The number of carbonyl (C=O) groups excluding carboxylic acids is 2. The molecule has 0 bridgehead atoms. The molecule has 1 saturated heterocycles. The SMILES string of the molecule is N#C[C@H](C[C@@H]1CCNC1=O)NC(=O)C(CCn1cccc(N)c1=O)CC1CC1. The van der Waals surface area contributed by atoms with E-state index in [-0.39, 0.29) is 34.9 Å². The first-order valence-corrected chi connectivity index (χ1v) is 9.90. The third kappa shape index (κ3) is 5.12. The molecule has 8 nitrogen and oxygen atoms in total. The van der Waals surface area contributed by atoms with Gasteiger partial charge in [0.2, 0.25) is 11.8 Å². The topological polar surface area (TPSA) is 130 Å². The van der Waals surface area contributed by atoms with Crippen LogP contribution in [-0.4, -0.2) is 29.0 Å². The average molecular weight is 385 g/mol. The zero-order chi connectivity index (χ0) is 20.1. The summed E-state index contributed by atoms with van der Waals surface area (Å²) in [7, 11) is 0. The molecule has 2 heterocycles. The van der Waals surface area contributed by atoms with E-state index in [0.29, 0.717) is 38.3 Å². The minimum atomic E-state index is -0.682. The van der Waals surface area contributed by atoms with Crippen LogP contribution in [0.25, 0.3) is 0 Å². The first kappa shape index (κ1) is 19.9. The van der Waals surface area contributed by atoms with Crippen LogP contribution < -0.4 is 21.9 Å². The van der Waals surface area contributed by atoms with Gasteiger partial charge in [-0.1, -0.05) is 12.8 Å². The van der Waals surface area contributed by atoms with Gasteiger partial charge >= 0.3 is 0 Å². The van der Waals surface area contributed by atoms with E-state index < -0.39 is 6.04 Å². The number of hydrogen-bond acceptors (Lipinski definition) is 5. The molecule has 1 aliphatic carbocycles. The minimum Gasteiger partial charge on any atom is -0.394 e. The van der Waals surface area contributed by atoms with E-state index in [9.17, 15) is 19.6 Å². The van der Waals surface area contributed by atoms with Crippen LogP contribution in [0.15, 0.2) is 23.1 Å². The van der Waals surface area contributed by atoms with Crippen molar-refractivity contribution in [3.63, 3.8) is 0 Å². The van der Waals surface area contributed by atoms with Crippen molar-refractivity contribution in [2.45, 2.75) is 51.1 Å². The van der Waals surface area contributed by atoms with Crippen molar-refractivity contribution in [3.05, 3.63) is 28.7 Å². The predicted molar refractivity (Wildman–Crippen MR) is 104 cm³/mol. The van der Waals surface area contributed by atoms with Crippen LogP contribution in [0.4, 0.5) is 5.69 Å². The van der Waals surface area contributed by atoms with Crippen molar-refractivity contribution in [3.8, 4) is 6.07 Å². The van der Waals surface area contributed by atoms with Gasteiger partial charge in [-0.3, -0.25) is 14.4 Å². The molecule has 150 valence electrons. The number of nitrogen functional groups attached to an aromatic ring is 1. The maximum Gasteiger partial charge on any atom is 0.273 e. The van der Waals surface area contributed by atoms with Crippen molar-refractivity contribution in [1.82, 2.24) is 15.2 Å². The molecule has 0 spiro atoms. The Hall–Kier alpha value is -2.82. The summed E-state index contributed by atoms with van der Waals surface area (Å²) >= 11 is 0. The van der Waals surface area contributed by atoms with Crippen molar-refractivity contribution in [1.29, 1.82) is 5.26 Å². The van der Waals surface area contributed by atoms with Crippen LogP contribution in [-0.2, 0) is 16.1 Å². The van der Waals surface area contributed by atoms with Crippen LogP contribution in [0.3, 0.4) is 0 Å². The fraction of sp³-hybridized carbons (Fsp3) is 0.600. The van der Waals surface area contributed by atoms with Crippen molar-refractivity contribution < 1.29 is 9.59 Å². The minimum absolute atomic E-state index is 0.0509. The smallest absolute Gasteiger partial charge is 0.273 e. The second kappa shape index (κ2) is 8.91. The number of aryl methyl sites for hydroxylation is 1. The highest BCUT2D eigenvalue weighted by Crippen LogP contribution is 2.36. The van der Waals surface area contributed by atoms with Gasteiger partial charge in [0.1, 0.15) is 6.04 Å². The van der Waals surface area contributed by atoms with Crippen molar-refractivity contribution in [2.24, 2.45) is 17.8 Å². The third-order valence-corrected chi connectivity index (χ3v) is 5.61. The Kier molecular flexibility index (Phi) is 6.34. The second-order valence-electron chi connectivity index (χ2n) is 7.83. The number of carbonyl (C=O) groups is 2. The largest absolute Gasteiger partial charge is 0.394 e. The lowest BCUT2D eigenvalue weighted by molar-refractivity contribution is -0.127. The van der Waals surface area contributed by atoms with Crippen molar-refractivity contribution in [2.75, 3.05) is 12.3 Å². The molecule has 2 aliphatic rings. The Bertz CT molecular complexity index is 824. The Balaban J connectivity index is 1.60. The normalized spacial score (nSPS) is 20.8. The number of amides is 2. The average Bonchev–Trinajstić information content (AvgIpc) is 3.41. The highest BCUT2D eigenvalue weighted by Gasteiger charge is 2.32. The van der Waals surface area contributed by atoms with Gasteiger partial charge in [0.15, 0.2) is 0 Å². The number of nitrogens with two attached hydrogens (primary N) is 1. The van der Waals surface area contributed by atoms with Gasteiger partial charge < -0.3 is 20.9 Å². The lowest BCUT2D eigenvalue weighted by Gasteiger charge is -2.20. The number of nitrogens with zero attached hydrogens (tertiary/aromatic N) is 2. The van der Waals surface area contributed by atoms with Crippen LogP contribution >= 0.6 is 0 Å². The molecule has 2 amide bonds. The molecule has 3 atom stereocenters. The molecule has 4 N–H and O–H groups in total. The molecule has 1 aliphatic heterocycles. The molecule has 8 heteroatoms. The van der Waals surface area contributed by atoms with E-state index in [2.05, 4.69) is 16.7 Å². The van der Waals surface area contributed by atoms with E-state index in [4.69, 9.17) is 5.73 Å². The monoisotopic (exact) mass is 385 g/mol. The molecule has 0 radical (unpaired) electrons. The Morgan fingerprint density at radius 2 is 2.14 bits per heavy atom. The summed E-state index contributed by atoms with van der Waals surface area (Å²) in [5.41, 5.74) is 5.60. The first-order valence-electron chi connectivity index (χ1n) is 9.90. The summed E-state index contributed by atoms with van der Waals surface area (Å²) in [5.74, 6) is -0.180. The van der Waals surface area contributed by atoms with Crippen LogP contribution in [0.1, 0.15) is 38.5 Å². The number of nitriles is 1. The summed E-state index contributed by atoms with van der Waals surface area (Å²) in [5, 5.41) is 15.0. The molecule has 1 aromatic heterocycles. The van der Waals surface area contributed by atoms with Gasteiger partial charge in [-0.15, -0.1) is 0 Å². The third-order valence-electron chi connectivity index (χ3n) is 5.61. The Morgan fingerprint density at radius 3 is 2.79 bits per heavy atom. The fourth-order valence-corrected chi connectivity index (χ4v) is 3.73. The van der Waals surface area contributed by atoms with E-state index in [1.54, 1.807) is 18.3 Å². The molecular weight excluding hydrogens is 358 g/mol. The quantitative estimate of drug-likeness (QED) is 0.578. The van der Waals surface area contributed by atoms with Gasteiger partial charge in [0.05, 0.1) is 11.8 Å². The standard InChI is InChI=1S/C20H27N5O3/c21-12-16(11-14-5-7-23-18(14)26)24-19(27)15(10-13-3-4-13)6-9-25-8-1-2-17(22)20(25)28/h1-2,8,13-16H,3-7,9-11,22H2,(H,23,26)(H,24,27)/t14-,15?,16-/m0/s1. The summed E-state index contributed by atoms with van der Waals surface area (Å²) in [6, 6.07) is 4.70. The number of rotatable bonds is 9. The lowest BCUT2D eigenvalue weighted by atomic mass is 9.95. The summed E-state index contributed by atoms with van der Waals surface area (Å²) < 4.78 is 1.52. The number of aromatic nitrogens is 1. The van der Waals surface area contributed by atoms with Gasteiger partial charge in [0.25, 0.3) is 5.56 Å². The zero-order valence-electron chi connectivity index (χ0n) is 15.9. The zero-order valence-corrected chi connectivity index (χ0v) is 15.9. The highest BCUT2D eigenvalue weighted by atomic mass is 16.2. The van der Waals surface area contributed by atoms with E-state index in [1.165, 1.54) is 4.57 Å². The van der Waals surface area contributed by atoms with Gasteiger partial charge in [-0.25, -0.2) is 0 Å². The van der Waals surface area contributed by atoms with Crippen LogP contribution in [0.5, 0.6) is 0 Å². The molecule has 1 unspecified atom stereocenters. The first-order chi connectivity index (χ1) is 13.5. The molecular formula is C20H27N5O3. The second-order valence-corrected chi connectivity index (χ2v) is 7.83. The molecule has 0 aromatic carbocycles. The van der Waals surface area contributed by atoms with E-state index >= 15 is 0 Å². The fourth-order valence-electron chi connectivity index (χ4n) is 3.73. The van der Waals surface area contributed by atoms with Gasteiger partial charge in [0, 0.05) is 31.1 Å².